The Bertz CT molecular complexity index is 479. The minimum atomic E-state index is 0. The van der Waals surface area contributed by atoms with Crippen molar-refractivity contribution in [3.8, 4) is 0 Å². The van der Waals surface area contributed by atoms with Crippen LogP contribution in [0.3, 0.4) is 0 Å². The quantitative estimate of drug-likeness (QED) is 0.837. The van der Waals surface area contributed by atoms with Crippen LogP contribution in [0.5, 0.6) is 0 Å². The lowest BCUT2D eigenvalue weighted by molar-refractivity contribution is -0.117. The molecule has 2 N–H and O–H groups in total. The van der Waals surface area contributed by atoms with Crippen molar-refractivity contribution < 1.29 is 4.79 Å². The largest absolute Gasteiger partial charge is 0.324 e. The van der Waals surface area contributed by atoms with Gasteiger partial charge in [-0.2, -0.15) is 0 Å². The number of nitrogens with one attached hydrogen (secondary N) is 2. The molecule has 1 aliphatic rings. The minimum Gasteiger partial charge on any atom is -0.324 e. The highest BCUT2D eigenvalue weighted by Crippen LogP contribution is 2.21. The molecule has 0 radical (unpaired) electrons. The van der Waals surface area contributed by atoms with Crippen molar-refractivity contribution in [2.75, 3.05) is 38.5 Å². The lowest BCUT2D eigenvalue weighted by atomic mass is 9.93. The number of piperidine rings is 1. The summed E-state index contributed by atoms with van der Waals surface area (Å²) < 4.78 is 0. The molecule has 5 heteroatoms. The van der Waals surface area contributed by atoms with Crippen molar-refractivity contribution >= 4 is 24.0 Å². The fourth-order valence-electron chi connectivity index (χ4n) is 3.18. The first kappa shape index (κ1) is 19.9. The predicted molar refractivity (Wildman–Crippen MR) is 99.5 cm³/mol. The Kier molecular flexibility index (Phi) is 8.59. The average molecular weight is 340 g/mol. The number of amides is 1. The molecule has 1 aromatic carbocycles. The third-order valence-corrected chi connectivity index (χ3v) is 4.62. The van der Waals surface area contributed by atoms with Gasteiger partial charge >= 0.3 is 0 Å². The molecule has 0 aliphatic carbocycles. The summed E-state index contributed by atoms with van der Waals surface area (Å²) in [5.41, 5.74) is 3.22. The highest BCUT2D eigenvalue weighted by molar-refractivity contribution is 5.93. The van der Waals surface area contributed by atoms with Crippen LogP contribution < -0.4 is 10.6 Å². The Balaban J connectivity index is 0.00000264. The molecule has 1 fully saturated rings. The van der Waals surface area contributed by atoms with E-state index >= 15 is 0 Å². The lowest BCUT2D eigenvalue weighted by Gasteiger charge is -2.31. The van der Waals surface area contributed by atoms with Gasteiger partial charge in [0, 0.05) is 5.69 Å². The Morgan fingerprint density at radius 1 is 1.22 bits per heavy atom. The summed E-state index contributed by atoms with van der Waals surface area (Å²) in [4.78, 5) is 14.6. The van der Waals surface area contributed by atoms with Crippen LogP contribution in [0.1, 0.15) is 30.4 Å². The van der Waals surface area contributed by atoms with Crippen LogP contribution >= 0.6 is 12.4 Å². The molecule has 1 amide bonds. The third kappa shape index (κ3) is 6.13. The van der Waals surface area contributed by atoms with Gasteiger partial charge < -0.3 is 10.6 Å². The fraction of sp³-hybridized carbons (Fsp3) is 0.611. The van der Waals surface area contributed by atoms with E-state index in [0.717, 1.165) is 42.4 Å². The number of aryl methyl sites for hydroxylation is 2. The first-order valence-corrected chi connectivity index (χ1v) is 8.33. The fourth-order valence-corrected chi connectivity index (χ4v) is 3.18. The lowest BCUT2D eigenvalue weighted by Crippen LogP contribution is -2.39. The topological polar surface area (TPSA) is 44.4 Å². The van der Waals surface area contributed by atoms with Gasteiger partial charge in [-0.1, -0.05) is 18.2 Å². The van der Waals surface area contributed by atoms with E-state index in [1.54, 1.807) is 0 Å². The Hall–Kier alpha value is -1.10. The van der Waals surface area contributed by atoms with E-state index in [1.165, 1.54) is 19.3 Å². The number of carbonyl (C=O) groups excluding carboxylic acids is 1. The summed E-state index contributed by atoms with van der Waals surface area (Å²) in [5, 5.41) is 6.30. The molecule has 2 rings (SSSR count). The average Bonchev–Trinajstić information content (AvgIpc) is 2.50. The second-order valence-corrected chi connectivity index (χ2v) is 6.43. The smallest absolute Gasteiger partial charge is 0.238 e. The van der Waals surface area contributed by atoms with Gasteiger partial charge in [0.2, 0.25) is 5.91 Å². The molecule has 4 nitrogen and oxygen atoms in total. The van der Waals surface area contributed by atoms with Crippen molar-refractivity contribution in [2.45, 2.75) is 33.1 Å². The van der Waals surface area contributed by atoms with Crippen LogP contribution in [-0.2, 0) is 4.79 Å². The Labute approximate surface area is 146 Å². The van der Waals surface area contributed by atoms with E-state index in [0.29, 0.717) is 6.54 Å². The summed E-state index contributed by atoms with van der Waals surface area (Å²) in [6.07, 6.45) is 3.66. The molecule has 0 saturated carbocycles. The summed E-state index contributed by atoms with van der Waals surface area (Å²) in [7, 11) is 2.01. The van der Waals surface area contributed by atoms with Crippen LogP contribution in [0, 0.1) is 19.8 Å². The summed E-state index contributed by atoms with van der Waals surface area (Å²) >= 11 is 0. The molecule has 0 bridgehead atoms. The van der Waals surface area contributed by atoms with Gasteiger partial charge in [0.05, 0.1) is 6.54 Å². The molecule has 1 aliphatic heterocycles. The van der Waals surface area contributed by atoms with Crippen LogP contribution in [0.4, 0.5) is 5.69 Å². The number of para-hydroxylation sites is 1. The van der Waals surface area contributed by atoms with E-state index in [1.807, 2.05) is 39.1 Å². The van der Waals surface area contributed by atoms with E-state index in [4.69, 9.17) is 0 Å². The maximum atomic E-state index is 12.3. The van der Waals surface area contributed by atoms with E-state index in [2.05, 4.69) is 15.5 Å². The van der Waals surface area contributed by atoms with Crippen molar-refractivity contribution in [1.82, 2.24) is 10.2 Å². The SMILES string of the molecule is CNCCC1CCN(CC(=O)Nc2c(C)cccc2C)CC1.Cl. The zero-order valence-corrected chi connectivity index (χ0v) is 15.3. The second kappa shape index (κ2) is 9.91. The molecule has 1 heterocycles. The van der Waals surface area contributed by atoms with Crippen LogP contribution in [-0.4, -0.2) is 44.0 Å². The molecule has 23 heavy (non-hydrogen) atoms. The van der Waals surface area contributed by atoms with Gasteiger partial charge in [-0.15, -0.1) is 12.4 Å². The second-order valence-electron chi connectivity index (χ2n) is 6.43. The third-order valence-electron chi connectivity index (χ3n) is 4.62. The van der Waals surface area contributed by atoms with Crippen molar-refractivity contribution in [3.05, 3.63) is 29.3 Å². The summed E-state index contributed by atoms with van der Waals surface area (Å²) in [6.45, 7) is 7.75. The van der Waals surface area contributed by atoms with E-state index in [-0.39, 0.29) is 18.3 Å². The number of hydrogen-bond acceptors (Lipinski definition) is 3. The van der Waals surface area contributed by atoms with Crippen molar-refractivity contribution in [3.63, 3.8) is 0 Å². The predicted octanol–water partition coefficient (Wildman–Crippen LogP) is 2.99. The molecule has 1 saturated heterocycles. The normalized spacial score (nSPS) is 16.0. The number of carbonyl (C=O) groups is 1. The number of nitrogens with zero attached hydrogens (tertiary/aromatic N) is 1. The van der Waals surface area contributed by atoms with Gasteiger partial charge in [0.25, 0.3) is 0 Å². The molecule has 130 valence electrons. The van der Waals surface area contributed by atoms with E-state index in [9.17, 15) is 4.79 Å². The number of hydrogen-bond donors (Lipinski definition) is 2. The molecular formula is C18H30ClN3O. The van der Waals surface area contributed by atoms with Crippen molar-refractivity contribution in [1.29, 1.82) is 0 Å². The molecular weight excluding hydrogens is 310 g/mol. The van der Waals surface area contributed by atoms with E-state index < -0.39 is 0 Å². The van der Waals surface area contributed by atoms with Gasteiger partial charge in [0.1, 0.15) is 0 Å². The number of halogens is 1. The highest BCUT2D eigenvalue weighted by Gasteiger charge is 2.20. The molecule has 0 atom stereocenters. The van der Waals surface area contributed by atoms with Gasteiger partial charge in [0.15, 0.2) is 0 Å². The molecule has 0 aromatic heterocycles. The zero-order chi connectivity index (χ0) is 15.9. The number of rotatable bonds is 6. The highest BCUT2D eigenvalue weighted by atomic mass is 35.5. The Morgan fingerprint density at radius 3 is 2.39 bits per heavy atom. The minimum absolute atomic E-state index is 0. The van der Waals surface area contributed by atoms with Crippen LogP contribution in [0.2, 0.25) is 0 Å². The monoisotopic (exact) mass is 339 g/mol. The maximum Gasteiger partial charge on any atom is 0.238 e. The van der Waals surface area contributed by atoms with Crippen LogP contribution in [0.15, 0.2) is 18.2 Å². The Morgan fingerprint density at radius 2 is 1.83 bits per heavy atom. The van der Waals surface area contributed by atoms with Gasteiger partial charge in [-0.25, -0.2) is 0 Å². The number of likely N-dealkylation sites (tertiary alicyclic amines) is 1. The maximum absolute atomic E-state index is 12.3. The molecule has 0 unspecified atom stereocenters. The van der Waals surface area contributed by atoms with Gasteiger partial charge in [-0.3, -0.25) is 9.69 Å². The molecule has 1 aromatic rings. The van der Waals surface area contributed by atoms with Crippen LogP contribution in [0.25, 0.3) is 0 Å². The first-order valence-electron chi connectivity index (χ1n) is 8.33. The zero-order valence-electron chi connectivity index (χ0n) is 14.5. The summed E-state index contributed by atoms with van der Waals surface area (Å²) in [6, 6.07) is 6.10. The first-order chi connectivity index (χ1) is 10.6. The van der Waals surface area contributed by atoms with Crippen molar-refractivity contribution in [2.24, 2.45) is 5.92 Å². The number of benzene rings is 1. The standard InChI is InChI=1S/C18H29N3O.ClH/c1-14-5-4-6-15(2)18(14)20-17(22)13-21-11-8-16(9-12-21)7-10-19-3;/h4-6,16,19H,7-13H2,1-3H3,(H,20,22);1H. The van der Waals surface area contributed by atoms with Gasteiger partial charge in [-0.05, 0) is 76.8 Å². The summed E-state index contributed by atoms with van der Waals surface area (Å²) in [5.74, 6) is 0.913. The number of anilines is 1. The molecule has 0 spiro atoms.